The number of rotatable bonds is 4. The maximum absolute atomic E-state index is 14.2. The maximum Gasteiger partial charge on any atom is 0.258 e. The monoisotopic (exact) mass is 424 g/mol. The molecule has 3 aliphatic carbocycles. The van der Waals surface area contributed by atoms with Gasteiger partial charge < -0.3 is 5.11 Å². The Morgan fingerprint density at radius 1 is 1.07 bits per heavy atom. The summed E-state index contributed by atoms with van der Waals surface area (Å²) in [5.41, 5.74) is 4.57. The van der Waals surface area contributed by atoms with E-state index in [0.29, 0.717) is 5.75 Å². The zero-order valence-electron chi connectivity index (χ0n) is 17.7. The molecule has 3 aliphatic rings. The molecule has 1 aromatic heterocycles. The highest BCUT2D eigenvalue weighted by molar-refractivity contribution is 7.99. The van der Waals surface area contributed by atoms with Gasteiger partial charge >= 0.3 is 0 Å². The Labute approximate surface area is 183 Å². The van der Waals surface area contributed by atoms with Crippen molar-refractivity contribution in [3.63, 3.8) is 0 Å². The average molecular weight is 425 g/mol. The number of aliphatic hydroxyl groups excluding tert-OH is 1. The van der Waals surface area contributed by atoms with Crippen LogP contribution in [0.1, 0.15) is 81.4 Å². The molecule has 1 heterocycles. The molecule has 0 unspecified atom stereocenters. The molecule has 0 atom stereocenters. The third kappa shape index (κ3) is 3.44. The second-order valence-corrected chi connectivity index (χ2v) is 10.4. The first-order valence-corrected chi connectivity index (χ1v) is 12.7. The number of benzene rings is 1. The number of aliphatic hydroxyl groups is 1. The minimum Gasteiger partial charge on any atom is -0.396 e. The van der Waals surface area contributed by atoms with Crippen molar-refractivity contribution in [3.05, 3.63) is 45.7 Å². The maximum atomic E-state index is 14.2. The zero-order chi connectivity index (χ0) is 20.6. The molecule has 1 N–H and O–H groups in total. The van der Waals surface area contributed by atoms with Gasteiger partial charge in [-0.15, -0.1) is 0 Å². The van der Waals surface area contributed by atoms with Crippen LogP contribution < -0.4 is 5.56 Å². The second-order valence-electron chi connectivity index (χ2n) is 9.33. The predicted molar refractivity (Wildman–Crippen MR) is 122 cm³/mol. The molecule has 5 heteroatoms. The first kappa shape index (κ1) is 20.3. The van der Waals surface area contributed by atoms with Gasteiger partial charge in [-0.2, -0.15) is 0 Å². The highest BCUT2D eigenvalue weighted by Gasteiger charge is 2.43. The van der Waals surface area contributed by atoms with Crippen molar-refractivity contribution in [2.24, 2.45) is 0 Å². The van der Waals surface area contributed by atoms with Crippen molar-refractivity contribution in [1.29, 1.82) is 0 Å². The summed E-state index contributed by atoms with van der Waals surface area (Å²) in [6.45, 7) is 0.100. The molecule has 5 rings (SSSR count). The average Bonchev–Trinajstić information content (AvgIpc) is 2.78. The van der Waals surface area contributed by atoms with Crippen molar-refractivity contribution in [2.75, 3.05) is 12.4 Å². The van der Waals surface area contributed by atoms with Crippen LogP contribution in [0.4, 0.5) is 0 Å². The lowest BCUT2D eigenvalue weighted by Gasteiger charge is -2.42. The summed E-state index contributed by atoms with van der Waals surface area (Å²) in [6, 6.07) is 8.80. The van der Waals surface area contributed by atoms with Crippen LogP contribution in [0.2, 0.25) is 0 Å². The Kier molecular flexibility index (Phi) is 5.76. The highest BCUT2D eigenvalue weighted by Crippen LogP contribution is 2.49. The van der Waals surface area contributed by atoms with E-state index < -0.39 is 0 Å². The largest absolute Gasteiger partial charge is 0.396 e. The SMILES string of the molecule is O=c1c2c(nc(SCCO)n1C1CCCCC1)-c1ccccc1CC21CCCCC1. The van der Waals surface area contributed by atoms with E-state index in [1.54, 1.807) is 0 Å². The number of aromatic nitrogens is 2. The first-order chi connectivity index (χ1) is 14.7. The molecule has 1 spiro atoms. The van der Waals surface area contributed by atoms with Gasteiger partial charge in [-0.25, -0.2) is 4.98 Å². The Balaban J connectivity index is 1.75. The first-order valence-electron chi connectivity index (χ1n) is 11.7. The normalized spacial score (nSPS) is 20.7. The molecule has 30 heavy (non-hydrogen) atoms. The summed E-state index contributed by atoms with van der Waals surface area (Å²) in [6.07, 6.45) is 12.6. The molecule has 2 fully saturated rings. The zero-order valence-corrected chi connectivity index (χ0v) is 18.6. The third-order valence-electron chi connectivity index (χ3n) is 7.49. The molecular formula is C25H32N2O2S. The van der Waals surface area contributed by atoms with Gasteiger partial charge in [-0.1, -0.05) is 74.6 Å². The fourth-order valence-electron chi connectivity index (χ4n) is 6.10. The van der Waals surface area contributed by atoms with Crippen LogP contribution in [0.5, 0.6) is 0 Å². The lowest BCUT2D eigenvalue weighted by atomic mass is 9.62. The van der Waals surface area contributed by atoms with Gasteiger partial charge in [0.25, 0.3) is 5.56 Å². The number of hydrogen-bond acceptors (Lipinski definition) is 4. The number of fused-ring (bicyclic) bond motifs is 4. The van der Waals surface area contributed by atoms with Crippen LogP contribution in [0.25, 0.3) is 11.3 Å². The van der Waals surface area contributed by atoms with Crippen molar-refractivity contribution >= 4 is 11.8 Å². The molecule has 160 valence electrons. The molecule has 0 radical (unpaired) electrons. The van der Waals surface area contributed by atoms with Crippen molar-refractivity contribution in [2.45, 2.75) is 87.2 Å². The molecule has 0 saturated heterocycles. The van der Waals surface area contributed by atoms with E-state index >= 15 is 0 Å². The second kappa shape index (κ2) is 8.51. The minimum absolute atomic E-state index is 0.0530. The van der Waals surface area contributed by atoms with Crippen LogP contribution >= 0.6 is 11.8 Å². The summed E-state index contributed by atoms with van der Waals surface area (Å²) in [7, 11) is 0. The van der Waals surface area contributed by atoms with E-state index in [-0.39, 0.29) is 23.6 Å². The van der Waals surface area contributed by atoms with E-state index in [4.69, 9.17) is 4.98 Å². The fourth-order valence-corrected chi connectivity index (χ4v) is 6.90. The molecule has 4 nitrogen and oxygen atoms in total. The molecule has 2 aromatic rings. The quantitative estimate of drug-likeness (QED) is 0.537. The summed E-state index contributed by atoms with van der Waals surface area (Å²) in [5.74, 6) is 0.574. The van der Waals surface area contributed by atoms with E-state index in [0.717, 1.165) is 54.1 Å². The van der Waals surface area contributed by atoms with Crippen molar-refractivity contribution in [1.82, 2.24) is 9.55 Å². The Morgan fingerprint density at radius 2 is 1.80 bits per heavy atom. The molecule has 0 aliphatic heterocycles. The smallest absolute Gasteiger partial charge is 0.258 e. The lowest BCUT2D eigenvalue weighted by molar-refractivity contribution is 0.273. The van der Waals surface area contributed by atoms with Crippen LogP contribution in [-0.2, 0) is 11.8 Å². The van der Waals surface area contributed by atoms with Crippen LogP contribution in [-0.4, -0.2) is 27.0 Å². The Morgan fingerprint density at radius 3 is 2.57 bits per heavy atom. The van der Waals surface area contributed by atoms with E-state index in [2.05, 4.69) is 24.3 Å². The number of hydrogen-bond donors (Lipinski definition) is 1. The summed E-state index contributed by atoms with van der Waals surface area (Å²) >= 11 is 1.54. The van der Waals surface area contributed by atoms with Gasteiger partial charge in [0.2, 0.25) is 0 Å². The van der Waals surface area contributed by atoms with Gasteiger partial charge in [0.1, 0.15) is 0 Å². The fraction of sp³-hybridized carbons (Fsp3) is 0.600. The number of thioether (sulfide) groups is 1. The summed E-state index contributed by atoms with van der Waals surface area (Å²) in [4.78, 5) is 19.4. The van der Waals surface area contributed by atoms with Crippen molar-refractivity contribution < 1.29 is 5.11 Å². The topological polar surface area (TPSA) is 55.1 Å². The van der Waals surface area contributed by atoms with Crippen LogP contribution in [0.15, 0.2) is 34.2 Å². The van der Waals surface area contributed by atoms with E-state index in [9.17, 15) is 9.90 Å². The van der Waals surface area contributed by atoms with Gasteiger partial charge in [0, 0.05) is 22.8 Å². The van der Waals surface area contributed by atoms with Crippen LogP contribution in [0, 0.1) is 0 Å². The minimum atomic E-state index is -0.0530. The van der Waals surface area contributed by atoms with E-state index in [1.807, 2.05) is 4.57 Å². The number of nitrogens with zero attached hydrogens (tertiary/aromatic N) is 2. The van der Waals surface area contributed by atoms with Gasteiger partial charge in [0.05, 0.1) is 17.9 Å². The van der Waals surface area contributed by atoms with Gasteiger partial charge in [-0.05, 0) is 37.7 Å². The van der Waals surface area contributed by atoms with Crippen molar-refractivity contribution in [3.8, 4) is 11.3 Å². The molecule has 2 saturated carbocycles. The molecular weight excluding hydrogens is 392 g/mol. The predicted octanol–water partition coefficient (Wildman–Crippen LogP) is 5.26. The summed E-state index contributed by atoms with van der Waals surface area (Å²) < 4.78 is 2.04. The highest BCUT2D eigenvalue weighted by atomic mass is 32.2. The lowest BCUT2D eigenvalue weighted by Crippen LogP contribution is -2.44. The molecule has 1 aromatic carbocycles. The standard InChI is InChI=1S/C25H32N2O2S/c28-15-16-30-24-26-22-20-12-6-5-9-18(20)17-25(13-7-2-8-14-25)21(22)23(29)27(24)19-10-3-1-4-11-19/h5-6,9,12,19,28H,1-4,7-8,10-11,13-17H2. The summed E-state index contributed by atoms with van der Waals surface area (Å²) in [5, 5.41) is 10.3. The third-order valence-corrected chi connectivity index (χ3v) is 8.42. The Hall–Kier alpha value is -1.59. The Bertz CT molecular complexity index is 972. The van der Waals surface area contributed by atoms with Crippen LogP contribution in [0.3, 0.4) is 0 Å². The van der Waals surface area contributed by atoms with E-state index in [1.165, 1.54) is 55.9 Å². The van der Waals surface area contributed by atoms with Gasteiger partial charge in [-0.3, -0.25) is 9.36 Å². The molecule has 0 bridgehead atoms. The van der Waals surface area contributed by atoms with Gasteiger partial charge in [0.15, 0.2) is 5.16 Å². The molecule has 0 amide bonds.